The first-order valence-corrected chi connectivity index (χ1v) is 5.79. The number of nitriles is 1. The molecule has 1 aromatic rings. The van der Waals surface area contributed by atoms with Gasteiger partial charge in [0.05, 0.1) is 13.0 Å². The highest BCUT2D eigenvalue weighted by molar-refractivity contribution is 7.80. The van der Waals surface area contributed by atoms with Crippen LogP contribution in [0.2, 0.25) is 0 Å². The summed E-state index contributed by atoms with van der Waals surface area (Å²) in [5, 5.41) is 8.85. The highest BCUT2D eigenvalue weighted by Crippen LogP contribution is 2.28. The summed E-state index contributed by atoms with van der Waals surface area (Å²) in [5.41, 5.74) is 0.286. The van der Waals surface area contributed by atoms with Crippen LogP contribution < -0.4 is 4.74 Å². The normalized spacial score (nSPS) is 10.1. The number of ether oxygens (including phenoxy) is 2. The van der Waals surface area contributed by atoms with Crippen LogP contribution in [0.25, 0.3) is 0 Å². The van der Waals surface area contributed by atoms with Gasteiger partial charge in [0.1, 0.15) is 17.4 Å². The number of carbonyl (C=O) groups is 1. The second-order valence-electron chi connectivity index (χ2n) is 3.46. The zero-order valence-electron chi connectivity index (χ0n) is 10.0. The second-order valence-corrected chi connectivity index (χ2v) is 3.94. The van der Waals surface area contributed by atoms with E-state index >= 15 is 0 Å². The van der Waals surface area contributed by atoms with Gasteiger partial charge in [-0.25, -0.2) is 0 Å². The minimum absolute atomic E-state index is 0.101. The summed E-state index contributed by atoms with van der Waals surface area (Å²) in [5.74, 6) is -0.799. The molecule has 0 atom stereocenters. The molecule has 0 saturated heterocycles. The van der Waals surface area contributed by atoms with E-state index in [4.69, 9.17) is 10.00 Å². The van der Waals surface area contributed by atoms with Crippen LogP contribution >= 0.6 is 12.6 Å². The van der Waals surface area contributed by atoms with Gasteiger partial charge >= 0.3 is 12.6 Å². The van der Waals surface area contributed by atoms with Crippen LogP contribution in [0.1, 0.15) is 18.1 Å². The zero-order chi connectivity index (χ0) is 14.4. The van der Waals surface area contributed by atoms with Crippen LogP contribution in [0.4, 0.5) is 8.78 Å². The van der Waals surface area contributed by atoms with E-state index in [2.05, 4.69) is 17.4 Å². The Kier molecular flexibility index (Phi) is 5.57. The van der Waals surface area contributed by atoms with Crippen molar-refractivity contribution in [1.82, 2.24) is 0 Å². The van der Waals surface area contributed by atoms with Gasteiger partial charge in [-0.2, -0.15) is 14.0 Å². The Morgan fingerprint density at radius 3 is 2.74 bits per heavy atom. The first kappa shape index (κ1) is 15.2. The summed E-state index contributed by atoms with van der Waals surface area (Å²) < 4.78 is 33.5. The predicted octanol–water partition coefficient (Wildman–Crippen LogP) is 2.55. The third-order valence-corrected chi connectivity index (χ3v) is 2.48. The van der Waals surface area contributed by atoms with Crippen LogP contribution in [0.3, 0.4) is 0 Å². The zero-order valence-corrected chi connectivity index (χ0v) is 10.9. The van der Waals surface area contributed by atoms with Crippen molar-refractivity contribution < 1.29 is 23.0 Å². The molecule has 7 heteroatoms. The lowest BCUT2D eigenvalue weighted by Crippen LogP contribution is -2.09. The molecule has 0 aliphatic rings. The fourth-order valence-corrected chi connectivity index (χ4v) is 1.76. The number of halogens is 2. The summed E-state index contributed by atoms with van der Waals surface area (Å²) in [7, 11) is 0. The van der Waals surface area contributed by atoms with Crippen molar-refractivity contribution in [3.8, 4) is 11.8 Å². The Hall–Kier alpha value is -1.81. The number of alkyl halides is 2. The summed E-state index contributed by atoms with van der Waals surface area (Å²) in [4.78, 5) is 11.5. The molecule has 0 spiro atoms. The van der Waals surface area contributed by atoms with Crippen LogP contribution in [-0.4, -0.2) is 19.2 Å². The summed E-state index contributed by atoms with van der Waals surface area (Å²) in [6, 6.07) is 4.38. The molecule has 0 fully saturated rings. The minimum atomic E-state index is -3.06. The van der Waals surface area contributed by atoms with Crippen LogP contribution in [-0.2, 0) is 16.0 Å². The summed E-state index contributed by atoms with van der Waals surface area (Å²) >= 11 is 4.01. The van der Waals surface area contributed by atoms with Crippen molar-refractivity contribution in [2.75, 3.05) is 6.61 Å². The molecule has 0 radical (unpaired) electrons. The molecule has 19 heavy (non-hydrogen) atoms. The maximum absolute atomic E-state index is 12.2. The first-order chi connectivity index (χ1) is 8.97. The fraction of sp³-hybridized carbons (Fsp3) is 0.333. The molecule has 0 saturated carbocycles. The largest absolute Gasteiger partial charge is 0.466 e. The van der Waals surface area contributed by atoms with Crippen LogP contribution in [0, 0.1) is 11.3 Å². The van der Waals surface area contributed by atoms with E-state index in [-0.39, 0.29) is 29.2 Å². The van der Waals surface area contributed by atoms with E-state index in [1.165, 1.54) is 12.1 Å². The van der Waals surface area contributed by atoms with Gasteiger partial charge in [0.25, 0.3) is 0 Å². The lowest BCUT2D eigenvalue weighted by Gasteiger charge is -2.10. The number of carbonyl (C=O) groups excluding carboxylic acids is 1. The number of thiol groups is 1. The predicted molar refractivity (Wildman–Crippen MR) is 65.4 cm³/mol. The van der Waals surface area contributed by atoms with Crippen molar-refractivity contribution in [2.45, 2.75) is 24.9 Å². The number of rotatable bonds is 5. The first-order valence-electron chi connectivity index (χ1n) is 5.34. The number of benzene rings is 1. The number of hydrogen-bond acceptors (Lipinski definition) is 5. The van der Waals surface area contributed by atoms with Crippen molar-refractivity contribution in [2.24, 2.45) is 0 Å². The van der Waals surface area contributed by atoms with Gasteiger partial charge in [0, 0.05) is 4.90 Å². The van der Waals surface area contributed by atoms with Crippen LogP contribution in [0.5, 0.6) is 5.75 Å². The molecular weight excluding hydrogens is 276 g/mol. The molecule has 1 rings (SSSR count). The smallest absolute Gasteiger partial charge is 0.387 e. The van der Waals surface area contributed by atoms with Crippen molar-refractivity contribution in [1.29, 1.82) is 5.26 Å². The molecule has 0 N–H and O–H groups in total. The third-order valence-electron chi connectivity index (χ3n) is 2.12. The van der Waals surface area contributed by atoms with Crippen molar-refractivity contribution in [3.05, 3.63) is 23.3 Å². The molecule has 0 aliphatic carbocycles. The number of nitrogens with zero attached hydrogens (tertiary/aromatic N) is 1. The van der Waals surface area contributed by atoms with E-state index < -0.39 is 12.6 Å². The van der Waals surface area contributed by atoms with Gasteiger partial charge in [0.2, 0.25) is 0 Å². The Labute approximate surface area is 114 Å². The maximum atomic E-state index is 12.2. The highest BCUT2D eigenvalue weighted by atomic mass is 32.1. The average molecular weight is 287 g/mol. The van der Waals surface area contributed by atoms with E-state index in [9.17, 15) is 13.6 Å². The average Bonchev–Trinajstić information content (AvgIpc) is 2.27. The molecule has 4 nitrogen and oxygen atoms in total. The van der Waals surface area contributed by atoms with Gasteiger partial charge in [-0.1, -0.05) is 0 Å². The van der Waals surface area contributed by atoms with Gasteiger partial charge < -0.3 is 9.47 Å². The Bertz CT molecular complexity index is 514. The standard InChI is InChI=1S/C12H11F2NO3S/c1-2-17-11(16)5-7-3-9(18-12(13)14)8(6-15)10(19)4-7/h3-4,12,19H,2,5H2,1H3. The molecular formula is C12H11F2NO3S. The van der Waals surface area contributed by atoms with Gasteiger partial charge in [-0.3, -0.25) is 4.79 Å². The number of hydrogen-bond donors (Lipinski definition) is 1. The van der Waals surface area contributed by atoms with Gasteiger partial charge in [0.15, 0.2) is 0 Å². The molecule has 0 amide bonds. The van der Waals surface area contributed by atoms with Crippen molar-refractivity contribution >= 4 is 18.6 Å². The molecule has 0 unspecified atom stereocenters. The number of esters is 1. The molecule has 102 valence electrons. The Balaban J connectivity index is 3.05. The second kappa shape index (κ2) is 6.95. The molecule has 0 aromatic heterocycles. The lowest BCUT2D eigenvalue weighted by atomic mass is 10.1. The highest BCUT2D eigenvalue weighted by Gasteiger charge is 2.15. The van der Waals surface area contributed by atoms with E-state index in [1.54, 1.807) is 13.0 Å². The third kappa shape index (κ3) is 4.41. The quantitative estimate of drug-likeness (QED) is 0.668. The monoisotopic (exact) mass is 287 g/mol. The van der Waals surface area contributed by atoms with E-state index in [0.717, 1.165) is 0 Å². The minimum Gasteiger partial charge on any atom is -0.466 e. The fourth-order valence-electron chi connectivity index (χ4n) is 1.44. The Morgan fingerprint density at radius 1 is 1.53 bits per heavy atom. The SMILES string of the molecule is CCOC(=O)Cc1cc(S)c(C#N)c(OC(F)F)c1. The molecule has 0 bridgehead atoms. The topological polar surface area (TPSA) is 59.3 Å². The summed E-state index contributed by atoms with van der Waals surface area (Å²) in [6.45, 7) is -1.17. The summed E-state index contributed by atoms with van der Waals surface area (Å²) in [6.07, 6.45) is -0.104. The van der Waals surface area contributed by atoms with Gasteiger partial charge in [-0.05, 0) is 24.6 Å². The van der Waals surface area contributed by atoms with Gasteiger partial charge in [-0.15, -0.1) is 12.6 Å². The van der Waals surface area contributed by atoms with Crippen molar-refractivity contribution in [3.63, 3.8) is 0 Å². The van der Waals surface area contributed by atoms with E-state index in [1.807, 2.05) is 0 Å². The van der Waals surface area contributed by atoms with Crippen LogP contribution in [0.15, 0.2) is 17.0 Å². The molecule has 0 aliphatic heterocycles. The molecule has 0 heterocycles. The molecule has 1 aromatic carbocycles. The Morgan fingerprint density at radius 2 is 2.21 bits per heavy atom. The van der Waals surface area contributed by atoms with E-state index in [0.29, 0.717) is 5.56 Å². The maximum Gasteiger partial charge on any atom is 0.387 e. The lowest BCUT2D eigenvalue weighted by molar-refractivity contribution is -0.142.